The summed E-state index contributed by atoms with van der Waals surface area (Å²) in [4.78, 5) is 15.8. The Labute approximate surface area is 145 Å². The van der Waals surface area contributed by atoms with Crippen LogP contribution in [0, 0.1) is 11.8 Å². The molecule has 2 aliphatic rings. The molecule has 0 amide bonds. The molecule has 24 heavy (non-hydrogen) atoms. The van der Waals surface area contributed by atoms with E-state index in [1.807, 2.05) is 31.4 Å². The molecular formula is C18H31N5O. The number of aromatic nitrogens is 2. The zero-order chi connectivity index (χ0) is 16.9. The van der Waals surface area contributed by atoms with Gasteiger partial charge in [0.05, 0.1) is 0 Å². The molecule has 2 fully saturated rings. The number of piperidine rings is 1. The van der Waals surface area contributed by atoms with Crippen LogP contribution in [-0.2, 0) is 6.54 Å². The second kappa shape index (κ2) is 8.23. The van der Waals surface area contributed by atoms with Crippen molar-refractivity contribution in [3.05, 3.63) is 18.0 Å². The van der Waals surface area contributed by atoms with Gasteiger partial charge >= 0.3 is 0 Å². The SMILES string of the molecule is CN(C)c1ncc(CN2C[C@@H](CN3CCCCC3)[C@@H](CO)C2)cn1. The molecule has 3 rings (SSSR count). The third kappa shape index (κ3) is 4.43. The standard InChI is InChI=1S/C18H31N5O/c1-21(2)18-19-8-15(9-20-18)10-23-12-16(17(13-23)14-24)11-22-6-4-3-5-7-22/h8-9,16-17,24H,3-7,10-14H2,1-2H3/t16-,17-/m1/s1. The minimum absolute atomic E-state index is 0.297. The first-order chi connectivity index (χ1) is 11.7. The Balaban J connectivity index is 1.55. The van der Waals surface area contributed by atoms with Gasteiger partial charge < -0.3 is 14.9 Å². The van der Waals surface area contributed by atoms with E-state index in [0.717, 1.165) is 37.7 Å². The maximum atomic E-state index is 9.77. The summed E-state index contributed by atoms with van der Waals surface area (Å²) in [6.45, 7) is 6.81. The lowest BCUT2D eigenvalue weighted by Crippen LogP contribution is -2.37. The van der Waals surface area contributed by atoms with E-state index in [9.17, 15) is 5.11 Å². The Bertz CT molecular complexity index is 501. The summed E-state index contributed by atoms with van der Waals surface area (Å²) >= 11 is 0. The highest BCUT2D eigenvalue weighted by Gasteiger charge is 2.33. The van der Waals surface area contributed by atoms with Crippen molar-refractivity contribution in [1.29, 1.82) is 0 Å². The Kier molecular flexibility index (Phi) is 6.03. The molecule has 134 valence electrons. The minimum Gasteiger partial charge on any atom is -0.396 e. The van der Waals surface area contributed by atoms with E-state index in [2.05, 4.69) is 19.8 Å². The number of hydrogen-bond acceptors (Lipinski definition) is 6. The van der Waals surface area contributed by atoms with Crippen LogP contribution in [0.25, 0.3) is 0 Å². The Morgan fingerprint density at radius 2 is 1.71 bits per heavy atom. The average molecular weight is 333 g/mol. The van der Waals surface area contributed by atoms with Gasteiger partial charge in [0.2, 0.25) is 5.95 Å². The highest BCUT2D eigenvalue weighted by Crippen LogP contribution is 2.26. The Morgan fingerprint density at radius 3 is 2.33 bits per heavy atom. The van der Waals surface area contributed by atoms with Crippen molar-refractivity contribution in [2.75, 3.05) is 58.3 Å². The second-order valence-electron chi connectivity index (χ2n) is 7.54. The highest BCUT2D eigenvalue weighted by molar-refractivity contribution is 5.26. The molecule has 2 atom stereocenters. The zero-order valence-corrected chi connectivity index (χ0v) is 15.1. The average Bonchev–Trinajstić information content (AvgIpc) is 2.97. The van der Waals surface area contributed by atoms with Crippen molar-refractivity contribution in [2.45, 2.75) is 25.8 Å². The van der Waals surface area contributed by atoms with Gasteiger partial charge in [-0.3, -0.25) is 4.90 Å². The fourth-order valence-corrected chi connectivity index (χ4v) is 3.97. The van der Waals surface area contributed by atoms with Crippen molar-refractivity contribution in [3.63, 3.8) is 0 Å². The number of hydrogen-bond donors (Lipinski definition) is 1. The van der Waals surface area contributed by atoms with Crippen LogP contribution in [0.2, 0.25) is 0 Å². The summed E-state index contributed by atoms with van der Waals surface area (Å²) in [6, 6.07) is 0. The van der Waals surface area contributed by atoms with Crippen molar-refractivity contribution in [3.8, 4) is 0 Å². The first kappa shape index (κ1) is 17.6. The lowest BCUT2D eigenvalue weighted by atomic mass is 9.95. The molecule has 0 aromatic carbocycles. The molecule has 2 aliphatic heterocycles. The normalized spacial score (nSPS) is 26.0. The molecule has 1 aromatic heterocycles. The lowest BCUT2D eigenvalue weighted by Gasteiger charge is -2.30. The van der Waals surface area contributed by atoms with Gasteiger partial charge in [0, 0.05) is 64.8 Å². The van der Waals surface area contributed by atoms with E-state index in [-0.39, 0.29) is 0 Å². The van der Waals surface area contributed by atoms with Crippen molar-refractivity contribution >= 4 is 5.95 Å². The quantitative estimate of drug-likeness (QED) is 0.840. The van der Waals surface area contributed by atoms with Crippen LogP contribution in [0.1, 0.15) is 24.8 Å². The lowest BCUT2D eigenvalue weighted by molar-refractivity contribution is 0.149. The summed E-state index contributed by atoms with van der Waals surface area (Å²) in [5, 5.41) is 9.77. The third-order valence-corrected chi connectivity index (χ3v) is 5.33. The first-order valence-corrected chi connectivity index (χ1v) is 9.19. The molecule has 1 aromatic rings. The monoisotopic (exact) mass is 333 g/mol. The number of aliphatic hydroxyl groups excluding tert-OH is 1. The molecule has 0 spiro atoms. The van der Waals surface area contributed by atoms with Gasteiger partial charge in [0.15, 0.2) is 0 Å². The van der Waals surface area contributed by atoms with Crippen LogP contribution in [-0.4, -0.2) is 78.3 Å². The molecule has 0 saturated carbocycles. The van der Waals surface area contributed by atoms with Crippen LogP contribution in [0.15, 0.2) is 12.4 Å². The molecule has 0 bridgehead atoms. The zero-order valence-electron chi connectivity index (χ0n) is 15.1. The van der Waals surface area contributed by atoms with Crippen molar-refractivity contribution < 1.29 is 5.11 Å². The molecular weight excluding hydrogens is 302 g/mol. The number of nitrogens with zero attached hydrogens (tertiary/aromatic N) is 5. The predicted molar refractivity (Wildman–Crippen MR) is 96.0 cm³/mol. The molecule has 0 unspecified atom stereocenters. The Hall–Kier alpha value is -1.24. The topological polar surface area (TPSA) is 55.7 Å². The molecule has 0 radical (unpaired) electrons. The van der Waals surface area contributed by atoms with Crippen LogP contribution in [0.3, 0.4) is 0 Å². The molecule has 6 nitrogen and oxygen atoms in total. The van der Waals surface area contributed by atoms with E-state index < -0.39 is 0 Å². The second-order valence-corrected chi connectivity index (χ2v) is 7.54. The van der Waals surface area contributed by atoms with Gasteiger partial charge in [-0.1, -0.05) is 6.42 Å². The van der Waals surface area contributed by atoms with Gasteiger partial charge in [0.1, 0.15) is 0 Å². The van der Waals surface area contributed by atoms with E-state index in [1.165, 1.54) is 32.4 Å². The van der Waals surface area contributed by atoms with Gasteiger partial charge in [-0.15, -0.1) is 0 Å². The predicted octanol–water partition coefficient (Wildman–Crippen LogP) is 1.07. The third-order valence-electron chi connectivity index (χ3n) is 5.33. The number of anilines is 1. The fourth-order valence-electron chi connectivity index (χ4n) is 3.97. The van der Waals surface area contributed by atoms with Crippen LogP contribution in [0.4, 0.5) is 5.95 Å². The van der Waals surface area contributed by atoms with Crippen LogP contribution in [0.5, 0.6) is 0 Å². The largest absolute Gasteiger partial charge is 0.396 e. The Morgan fingerprint density at radius 1 is 1.04 bits per heavy atom. The van der Waals surface area contributed by atoms with Gasteiger partial charge in [-0.2, -0.15) is 0 Å². The maximum absolute atomic E-state index is 9.77. The van der Waals surface area contributed by atoms with E-state index in [0.29, 0.717) is 18.4 Å². The van der Waals surface area contributed by atoms with Crippen LogP contribution >= 0.6 is 0 Å². The molecule has 6 heteroatoms. The summed E-state index contributed by atoms with van der Waals surface area (Å²) in [5.41, 5.74) is 1.15. The summed E-state index contributed by atoms with van der Waals surface area (Å²) in [5.74, 6) is 1.72. The first-order valence-electron chi connectivity index (χ1n) is 9.19. The summed E-state index contributed by atoms with van der Waals surface area (Å²) in [7, 11) is 3.90. The number of likely N-dealkylation sites (tertiary alicyclic amines) is 2. The molecule has 1 N–H and O–H groups in total. The maximum Gasteiger partial charge on any atom is 0.224 e. The summed E-state index contributed by atoms with van der Waals surface area (Å²) < 4.78 is 0. The van der Waals surface area contributed by atoms with Gasteiger partial charge in [0.25, 0.3) is 0 Å². The van der Waals surface area contributed by atoms with Crippen molar-refractivity contribution in [2.24, 2.45) is 11.8 Å². The van der Waals surface area contributed by atoms with E-state index in [1.54, 1.807) is 0 Å². The van der Waals surface area contributed by atoms with Crippen LogP contribution < -0.4 is 4.90 Å². The number of rotatable bonds is 6. The van der Waals surface area contributed by atoms with Gasteiger partial charge in [-0.25, -0.2) is 9.97 Å². The number of aliphatic hydroxyl groups is 1. The van der Waals surface area contributed by atoms with Crippen molar-refractivity contribution in [1.82, 2.24) is 19.8 Å². The molecule has 2 saturated heterocycles. The highest BCUT2D eigenvalue weighted by atomic mass is 16.3. The fraction of sp³-hybridized carbons (Fsp3) is 0.778. The summed E-state index contributed by atoms with van der Waals surface area (Å²) in [6.07, 6.45) is 7.88. The smallest absolute Gasteiger partial charge is 0.224 e. The minimum atomic E-state index is 0.297. The van der Waals surface area contributed by atoms with E-state index in [4.69, 9.17) is 0 Å². The molecule has 3 heterocycles. The van der Waals surface area contributed by atoms with E-state index >= 15 is 0 Å². The van der Waals surface area contributed by atoms with Gasteiger partial charge in [-0.05, 0) is 37.8 Å². The molecule has 0 aliphatic carbocycles.